The summed E-state index contributed by atoms with van der Waals surface area (Å²) in [4.78, 5) is 21.3. The zero-order valence-corrected chi connectivity index (χ0v) is 16.8. The van der Waals surface area contributed by atoms with Gasteiger partial charge in [-0.25, -0.2) is 4.98 Å². The van der Waals surface area contributed by atoms with Gasteiger partial charge in [0.1, 0.15) is 6.04 Å². The fourth-order valence-corrected chi connectivity index (χ4v) is 5.17. The molecule has 1 aliphatic heterocycles. The van der Waals surface area contributed by atoms with Crippen molar-refractivity contribution in [2.24, 2.45) is 0 Å². The Kier molecular flexibility index (Phi) is 5.84. The summed E-state index contributed by atoms with van der Waals surface area (Å²) in [6.45, 7) is 5.87. The van der Waals surface area contributed by atoms with E-state index in [9.17, 15) is 4.79 Å². The topological polar surface area (TPSA) is 37.6 Å². The van der Waals surface area contributed by atoms with Crippen LogP contribution >= 0.6 is 11.3 Å². The first-order valence-electron chi connectivity index (χ1n) is 9.92. The average Bonchev–Trinajstić information content (AvgIpc) is 3.17. The smallest absolute Gasteiger partial charge is 0.282 e. The van der Waals surface area contributed by atoms with Crippen LogP contribution in [0.2, 0.25) is 0 Å². The molecule has 144 valence electrons. The Morgan fingerprint density at radius 3 is 2.75 bits per heavy atom. The van der Waals surface area contributed by atoms with Gasteiger partial charge in [-0.1, -0.05) is 36.4 Å². The summed E-state index contributed by atoms with van der Waals surface area (Å²) in [5, 5.41) is 1.17. The van der Waals surface area contributed by atoms with Crippen LogP contribution < -0.4 is 9.80 Å². The van der Waals surface area contributed by atoms with Gasteiger partial charge in [-0.2, -0.15) is 0 Å². The first kappa shape index (κ1) is 18.8. The molecule has 3 aromatic rings. The average molecular weight is 393 g/mol. The first-order valence-corrected chi connectivity index (χ1v) is 10.7. The number of likely N-dealkylation sites (tertiary alicyclic amines) is 1. The van der Waals surface area contributed by atoms with Gasteiger partial charge in [0.25, 0.3) is 5.91 Å². The van der Waals surface area contributed by atoms with Gasteiger partial charge in [-0.15, -0.1) is 17.9 Å². The number of amides is 1. The molecule has 0 aliphatic carbocycles. The highest BCUT2D eigenvalue weighted by molar-refractivity contribution is 7.18. The van der Waals surface area contributed by atoms with Crippen LogP contribution in [-0.4, -0.2) is 30.5 Å². The van der Waals surface area contributed by atoms with E-state index in [2.05, 4.69) is 24.8 Å². The van der Waals surface area contributed by atoms with Crippen molar-refractivity contribution in [3.8, 4) is 0 Å². The molecule has 28 heavy (non-hydrogen) atoms. The standard InChI is InChI=1S/C23H25N3OS/c1-2-15-26(18-10-4-3-5-11-18)22(27)17-25-16-9-8-13-20(25)23-24-19-12-6-7-14-21(19)28-23/h2-7,10-12,14,20H,1,8-9,13,15-17H2/p+1/t20-/m0/s1. The zero-order valence-electron chi connectivity index (χ0n) is 16.0. The van der Waals surface area contributed by atoms with Crippen molar-refractivity contribution < 1.29 is 9.69 Å². The first-order chi connectivity index (χ1) is 13.8. The largest absolute Gasteiger partial charge is 0.319 e. The van der Waals surface area contributed by atoms with Gasteiger partial charge in [0.15, 0.2) is 11.6 Å². The van der Waals surface area contributed by atoms with Crippen LogP contribution in [0.4, 0.5) is 5.69 Å². The number of aromatic nitrogens is 1. The zero-order chi connectivity index (χ0) is 19.3. The van der Waals surface area contributed by atoms with Crippen LogP contribution in [-0.2, 0) is 4.79 Å². The number of benzene rings is 2. The summed E-state index contributed by atoms with van der Waals surface area (Å²) in [6, 6.07) is 18.5. The Labute approximate surface area is 170 Å². The van der Waals surface area contributed by atoms with Crippen molar-refractivity contribution in [2.45, 2.75) is 25.3 Å². The van der Waals surface area contributed by atoms with E-state index in [0.717, 1.165) is 30.6 Å². The van der Waals surface area contributed by atoms with Crippen LogP contribution in [0.25, 0.3) is 10.2 Å². The highest BCUT2D eigenvalue weighted by Gasteiger charge is 2.33. The molecule has 1 aliphatic rings. The Bertz CT molecular complexity index is 920. The van der Waals surface area contributed by atoms with Crippen molar-refractivity contribution in [3.05, 3.63) is 72.3 Å². The number of hydrogen-bond acceptors (Lipinski definition) is 3. The highest BCUT2D eigenvalue weighted by atomic mass is 32.1. The summed E-state index contributed by atoms with van der Waals surface area (Å²) >= 11 is 1.78. The molecule has 4 rings (SSSR count). The molecule has 2 aromatic carbocycles. The second-order valence-corrected chi connectivity index (χ2v) is 8.34. The number of nitrogens with zero attached hydrogens (tertiary/aromatic N) is 2. The van der Waals surface area contributed by atoms with Crippen molar-refractivity contribution in [3.63, 3.8) is 0 Å². The molecular formula is C23H26N3OS+. The van der Waals surface area contributed by atoms with E-state index in [0.29, 0.717) is 19.1 Å². The third-order valence-corrected chi connectivity index (χ3v) is 6.55. The van der Waals surface area contributed by atoms with E-state index in [1.54, 1.807) is 17.4 Å². The number of nitrogens with one attached hydrogen (secondary N) is 1. The van der Waals surface area contributed by atoms with Crippen molar-refractivity contribution >= 4 is 33.1 Å². The summed E-state index contributed by atoms with van der Waals surface area (Å²) in [6.07, 6.45) is 5.25. The van der Waals surface area contributed by atoms with Crippen molar-refractivity contribution in [1.82, 2.24) is 4.98 Å². The summed E-state index contributed by atoms with van der Waals surface area (Å²) in [5.74, 6) is 0.147. The number of piperidine rings is 1. The van der Waals surface area contributed by atoms with Gasteiger partial charge < -0.3 is 9.80 Å². The molecule has 0 bridgehead atoms. The van der Waals surface area contributed by atoms with Crippen molar-refractivity contribution in [1.29, 1.82) is 0 Å². The fourth-order valence-electron chi connectivity index (χ4n) is 4.01. The third kappa shape index (κ3) is 4.01. The van der Waals surface area contributed by atoms with Crippen LogP contribution in [0.5, 0.6) is 0 Å². The number of carbonyl (C=O) groups is 1. The second-order valence-electron chi connectivity index (χ2n) is 7.28. The number of quaternary nitrogens is 1. The number of para-hydroxylation sites is 2. The van der Waals surface area contributed by atoms with Crippen LogP contribution in [0.1, 0.15) is 30.3 Å². The van der Waals surface area contributed by atoms with E-state index in [1.165, 1.54) is 21.0 Å². The molecule has 1 saturated heterocycles. The Morgan fingerprint density at radius 1 is 1.18 bits per heavy atom. The van der Waals surface area contributed by atoms with Crippen LogP contribution in [0.15, 0.2) is 67.3 Å². The maximum atomic E-state index is 13.2. The quantitative estimate of drug-likeness (QED) is 0.651. The minimum atomic E-state index is 0.147. The fraction of sp³-hybridized carbons (Fsp3) is 0.304. The lowest BCUT2D eigenvalue weighted by atomic mass is 10.0. The lowest BCUT2D eigenvalue weighted by Gasteiger charge is -2.32. The molecule has 0 radical (unpaired) electrons. The Morgan fingerprint density at radius 2 is 1.96 bits per heavy atom. The monoisotopic (exact) mass is 392 g/mol. The van der Waals surface area contributed by atoms with Gasteiger partial charge in [0.05, 0.1) is 16.8 Å². The number of fused-ring (bicyclic) bond motifs is 1. The molecule has 1 amide bonds. The molecule has 1 aromatic heterocycles. The predicted molar refractivity (Wildman–Crippen MR) is 116 cm³/mol. The molecule has 0 spiro atoms. The van der Waals surface area contributed by atoms with Crippen LogP contribution in [0.3, 0.4) is 0 Å². The molecule has 2 atom stereocenters. The number of carbonyl (C=O) groups excluding carboxylic acids is 1. The second kappa shape index (κ2) is 8.67. The van der Waals surface area contributed by atoms with E-state index in [4.69, 9.17) is 4.98 Å². The van der Waals surface area contributed by atoms with Crippen molar-refractivity contribution in [2.75, 3.05) is 24.5 Å². The molecule has 5 heteroatoms. The molecule has 2 heterocycles. The Hall–Kier alpha value is -2.50. The van der Waals surface area contributed by atoms with Gasteiger partial charge >= 0.3 is 0 Å². The SMILES string of the molecule is C=CCN(C(=O)C[NH+]1CCCC[C@H]1c1nc2ccccc2s1)c1ccccc1. The summed E-state index contributed by atoms with van der Waals surface area (Å²) in [5.41, 5.74) is 2.00. The number of thiazole rings is 1. The van der Waals surface area contributed by atoms with Gasteiger partial charge in [0, 0.05) is 18.7 Å². The number of anilines is 1. The molecule has 1 N–H and O–H groups in total. The van der Waals surface area contributed by atoms with E-state index < -0.39 is 0 Å². The van der Waals surface area contributed by atoms with Gasteiger partial charge in [-0.3, -0.25) is 4.79 Å². The number of hydrogen-bond donors (Lipinski definition) is 1. The normalized spacial score (nSPS) is 19.4. The molecule has 0 saturated carbocycles. The maximum Gasteiger partial charge on any atom is 0.282 e. The highest BCUT2D eigenvalue weighted by Crippen LogP contribution is 2.28. The molecule has 4 nitrogen and oxygen atoms in total. The van der Waals surface area contributed by atoms with Crippen LogP contribution in [0, 0.1) is 0 Å². The molecule has 1 fully saturated rings. The van der Waals surface area contributed by atoms with E-state index >= 15 is 0 Å². The van der Waals surface area contributed by atoms with E-state index in [-0.39, 0.29) is 5.91 Å². The summed E-state index contributed by atoms with van der Waals surface area (Å²) < 4.78 is 1.23. The maximum absolute atomic E-state index is 13.2. The minimum Gasteiger partial charge on any atom is -0.319 e. The number of rotatable bonds is 6. The third-order valence-electron chi connectivity index (χ3n) is 5.40. The van der Waals surface area contributed by atoms with Gasteiger partial charge in [-0.05, 0) is 37.1 Å². The Balaban J connectivity index is 1.55. The summed E-state index contributed by atoms with van der Waals surface area (Å²) in [7, 11) is 0. The molecular weight excluding hydrogens is 366 g/mol. The lowest BCUT2D eigenvalue weighted by Crippen LogP contribution is -3.14. The van der Waals surface area contributed by atoms with E-state index in [1.807, 2.05) is 41.3 Å². The molecule has 1 unspecified atom stereocenters. The minimum absolute atomic E-state index is 0.147. The van der Waals surface area contributed by atoms with Gasteiger partial charge in [0.2, 0.25) is 0 Å². The lowest BCUT2D eigenvalue weighted by molar-refractivity contribution is -0.929. The predicted octanol–water partition coefficient (Wildman–Crippen LogP) is 3.63.